The van der Waals surface area contributed by atoms with Crippen molar-refractivity contribution in [1.29, 1.82) is 0 Å². The second kappa shape index (κ2) is 9.91. The summed E-state index contributed by atoms with van der Waals surface area (Å²) in [6.07, 6.45) is 6.53. The molecule has 0 radical (unpaired) electrons. The Morgan fingerprint density at radius 3 is 2.54 bits per heavy atom. The van der Waals surface area contributed by atoms with Gasteiger partial charge in [-0.2, -0.15) is 5.10 Å². The van der Waals surface area contributed by atoms with E-state index in [0.29, 0.717) is 28.0 Å². The van der Waals surface area contributed by atoms with E-state index in [2.05, 4.69) is 32.2 Å². The minimum atomic E-state index is -0.503. The molecule has 0 aliphatic rings. The number of hydrogen-bond acceptors (Lipinski definition) is 5. The van der Waals surface area contributed by atoms with Crippen LogP contribution < -0.4 is 10.9 Å². The predicted octanol–water partition coefficient (Wildman–Crippen LogP) is 3.71. The van der Waals surface area contributed by atoms with E-state index in [0.717, 1.165) is 10.9 Å². The molecular formula is C29H24N6O2. The summed E-state index contributed by atoms with van der Waals surface area (Å²) in [5, 5.41) is 8.38. The van der Waals surface area contributed by atoms with Gasteiger partial charge >= 0.3 is 0 Å². The van der Waals surface area contributed by atoms with E-state index in [1.54, 1.807) is 28.6 Å². The van der Waals surface area contributed by atoms with Crippen molar-refractivity contribution < 1.29 is 4.79 Å². The average Bonchev–Trinajstić information content (AvgIpc) is 3.32. The van der Waals surface area contributed by atoms with E-state index in [4.69, 9.17) is 0 Å². The molecule has 1 amide bonds. The second-order valence-corrected chi connectivity index (χ2v) is 8.65. The van der Waals surface area contributed by atoms with Crippen LogP contribution in [0.2, 0.25) is 0 Å². The van der Waals surface area contributed by atoms with Gasteiger partial charge in [-0.15, -0.1) is 0 Å². The lowest BCUT2D eigenvalue weighted by atomic mass is 10.0. The maximum Gasteiger partial charge on any atom is 0.272 e. The molecule has 37 heavy (non-hydrogen) atoms. The number of nitrogens with zero attached hydrogens (tertiary/aromatic N) is 5. The number of hydrogen-bond donors (Lipinski definition) is 1. The second-order valence-electron chi connectivity index (χ2n) is 8.65. The monoisotopic (exact) mass is 488 g/mol. The van der Waals surface area contributed by atoms with Crippen LogP contribution in [0.3, 0.4) is 0 Å². The summed E-state index contributed by atoms with van der Waals surface area (Å²) in [5.41, 5.74) is 3.27. The molecule has 0 aliphatic heterocycles. The van der Waals surface area contributed by atoms with Gasteiger partial charge in [0.25, 0.3) is 11.5 Å². The first kappa shape index (κ1) is 23.7. The smallest absolute Gasteiger partial charge is 0.272 e. The van der Waals surface area contributed by atoms with Gasteiger partial charge in [-0.25, -0.2) is 4.98 Å². The number of pyridine rings is 1. The fourth-order valence-corrected chi connectivity index (χ4v) is 4.24. The molecule has 3 heterocycles. The quantitative estimate of drug-likeness (QED) is 0.389. The van der Waals surface area contributed by atoms with Gasteiger partial charge in [-0.3, -0.25) is 23.8 Å². The minimum absolute atomic E-state index is 0.216. The summed E-state index contributed by atoms with van der Waals surface area (Å²) in [7, 11) is 1.83. The lowest BCUT2D eigenvalue weighted by Crippen LogP contribution is -2.33. The van der Waals surface area contributed by atoms with Crippen molar-refractivity contribution in [1.82, 2.24) is 29.6 Å². The Labute approximate surface area is 213 Å². The molecule has 0 saturated carbocycles. The molecule has 182 valence electrons. The normalized spacial score (nSPS) is 11.5. The number of fused-ring (bicyclic) bond motifs is 1. The summed E-state index contributed by atoms with van der Waals surface area (Å²) >= 11 is 0. The summed E-state index contributed by atoms with van der Waals surface area (Å²) in [4.78, 5) is 35.4. The van der Waals surface area contributed by atoms with Gasteiger partial charge in [0.05, 0.1) is 28.9 Å². The topological polar surface area (TPSA) is 94.7 Å². The molecule has 0 aliphatic carbocycles. The van der Waals surface area contributed by atoms with E-state index in [9.17, 15) is 9.59 Å². The third-order valence-electron chi connectivity index (χ3n) is 6.02. The zero-order valence-electron chi connectivity index (χ0n) is 20.6. The highest BCUT2D eigenvalue weighted by atomic mass is 16.2. The highest BCUT2D eigenvalue weighted by Crippen LogP contribution is 2.23. The maximum absolute atomic E-state index is 14.0. The molecule has 8 heteroatoms. The van der Waals surface area contributed by atoms with E-state index in [1.807, 2.05) is 74.8 Å². The lowest BCUT2D eigenvalue weighted by Gasteiger charge is -2.21. The lowest BCUT2D eigenvalue weighted by molar-refractivity contribution is 0.0932. The number of para-hydroxylation sites is 1. The van der Waals surface area contributed by atoms with Crippen LogP contribution in [-0.2, 0) is 7.05 Å². The molecule has 0 spiro atoms. The Bertz CT molecular complexity index is 1740. The number of carbonyl (C=O) groups excluding carboxylic acids is 1. The van der Waals surface area contributed by atoms with Crippen molar-refractivity contribution in [3.8, 4) is 17.5 Å². The van der Waals surface area contributed by atoms with Gasteiger partial charge in [0.2, 0.25) is 0 Å². The van der Waals surface area contributed by atoms with Crippen LogP contribution in [0, 0.1) is 18.8 Å². The maximum atomic E-state index is 14.0. The van der Waals surface area contributed by atoms with Gasteiger partial charge in [-0.05, 0) is 43.5 Å². The van der Waals surface area contributed by atoms with Crippen molar-refractivity contribution in [3.05, 3.63) is 118 Å². The van der Waals surface area contributed by atoms with Gasteiger partial charge in [0.1, 0.15) is 5.69 Å². The Balaban J connectivity index is 1.65. The number of benzene rings is 2. The molecule has 1 atom stereocenters. The molecule has 1 N–H and O–H groups in total. The number of nitrogens with one attached hydrogen (secondary N) is 1. The van der Waals surface area contributed by atoms with Crippen molar-refractivity contribution in [2.24, 2.45) is 7.05 Å². The molecule has 0 saturated heterocycles. The zero-order chi connectivity index (χ0) is 25.9. The first-order valence-electron chi connectivity index (χ1n) is 11.8. The first-order valence-corrected chi connectivity index (χ1v) is 11.8. The van der Waals surface area contributed by atoms with Crippen LogP contribution in [0.5, 0.6) is 0 Å². The highest BCUT2D eigenvalue weighted by molar-refractivity contribution is 5.93. The molecule has 8 nitrogen and oxygen atoms in total. The van der Waals surface area contributed by atoms with Gasteiger partial charge in [0.15, 0.2) is 0 Å². The van der Waals surface area contributed by atoms with Crippen molar-refractivity contribution in [2.45, 2.75) is 19.9 Å². The first-order chi connectivity index (χ1) is 17.9. The molecule has 0 fully saturated rings. The number of aryl methyl sites for hydroxylation is 2. The Morgan fingerprint density at radius 1 is 1.03 bits per heavy atom. The Hall–Kier alpha value is -5.03. The van der Waals surface area contributed by atoms with Gasteiger partial charge < -0.3 is 5.32 Å². The largest absolute Gasteiger partial charge is 0.343 e. The van der Waals surface area contributed by atoms with Crippen molar-refractivity contribution in [3.63, 3.8) is 0 Å². The van der Waals surface area contributed by atoms with E-state index >= 15 is 0 Å². The summed E-state index contributed by atoms with van der Waals surface area (Å²) in [5.74, 6) is 5.88. The fraction of sp³-hybridized carbons (Fsp3) is 0.138. The Kier molecular flexibility index (Phi) is 6.35. The van der Waals surface area contributed by atoms with Crippen LogP contribution in [-0.4, -0.2) is 30.2 Å². The van der Waals surface area contributed by atoms with E-state index < -0.39 is 6.04 Å². The number of rotatable bonds is 4. The minimum Gasteiger partial charge on any atom is -0.343 e. The molecular weight excluding hydrogens is 464 g/mol. The summed E-state index contributed by atoms with van der Waals surface area (Å²) in [6.45, 7) is 3.58. The molecule has 3 aromatic heterocycles. The van der Waals surface area contributed by atoms with Crippen LogP contribution in [0.15, 0.2) is 84.2 Å². The molecule has 0 unspecified atom stereocenters. The van der Waals surface area contributed by atoms with E-state index in [-0.39, 0.29) is 17.2 Å². The molecule has 2 aromatic carbocycles. The predicted molar refractivity (Wildman–Crippen MR) is 141 cm³/mol. The molecule has 5 aromatic rings. The van der Waals surface area contributed by atoms with E-state index in [1.165, 1.54) is 6.20 Å². The van der Waals surface area contributed by atoms with Crippen LogP contribution in [0.4, 0.5) is 0 Å². The highest BCUT2D eigenvalue weighted by Gasteiger charge is 2.21. The number of carbonyl (C=O) groups is 1. The zero-order valence-corrected chi connectivity index (χ0v) is 20.6. The summed E-state index contributed by atoms with van der Waals surface area (Å²) in [6, 6.07) is 16.4. The number of amides is 1. The fourth-order valence-electron chi connectivity index (χ4n) is 4.24. The summed E-state index contributed by atoms with van der Waals surface area (Å²) < 4.78 is 3.31. The molecule has 0 bridgehead atoms. The average molecular weight is 489 g/mol. The van der Waals surface area contributed by atoms with Crippen LogP contribution >= 0.6 is 0 Å². The standard InChI is InChI=1S/C29H24N6O2/c1-19(33-28(36)27-20(2)30-14-15-31-27)25-16-23-9-7-8-22(13-12-21-17-32-34(3)18-21)26(23)29(37)35(25)24-10-5-4-6-11-24/h4-11,14-19H,1-3H3,(H,33,36)/t19-/m1/s1. The van der Waals surface area contributed by atoms with Crippen molar-refractivity contribution >= 4 is 16.7 Å². The van der Waals surface area contributed by atoms with Crippen molar-refractivity contribution in [2.75, 3.05) is 0 Å². The third-order valence-corrected chi connectivity index (χ3v) is 6.02. The van der Waals surface area contributed by atoms with Gasteiger partial charge in [-0.1, -0.05) is 42.2 Å². The van der Waals surface area contributed by atoms with Crippen LogP contribution in [0.25, 0.3) is 16.5 Å². The third kappa shape index (κ3) is 4.75. The number of aromatic nitrogens is 5. The Morgan fingerprint density at radius 2 is 1.81 bits per heavy atom. The van der Waals surface area contributed by atoms with Gasteiger partial charge in [0, 0.05) is 42.6 Å². The SMILES string of the molecule is Cc1nccnc1C(=O)N[C@H](C)c1cc2cccc(C#Cc3cnn(C)c3)c2c(=O)n1-c1ccccc1. The van der Waals surface area contributed by atoms with Crippen LogP contribution in [0.1, 0.15) is 46.0 Å². The molecule has 5 rings (SSSR count).